The zero-order valence-corrected chi connectivity index (χ0v) is 16.9. The highest BCUT2D eigenvalue weighted by atomic mass is 32.2. The van der Waals surface area contributed by atoms with Crippen LogP contribution in [0.25, 0.3) is 11.2 Å². The van der Waals surface area contributed by atoms with Crippen molar-refractivity contribution in [2.24, 2.45) is 0 Å². The van der Waals surface area contributed by atoms with Crippen LogP contribution in [0.5, 0.6) is 5.75 Å². The molecule has 11 heteroatoms. The van der Waals surface area contributed by atoms with Gasteiger partial charge in [-0.25, -0.2) is 28.1 Å². The number of nitrogens with zero attached hydrogens (tertiary/aromatic N) is 4. The summed E-state index contributed by atoms with van der Waals surface area (Å²) >= 11 is 1.49. The Morgan fingerprint density at radius 2 is 2.21 bits per heavy atom. The molecule has 0 amide bonds. The van der Waals surface area contributed by atoms with Crippen LogP contribution < -0.4 is 15.2 Å². The highest BCUT2D eigenvalue weighted by Crippen LogP contribution is 2.35. The number of aromatic nitrogens is 4. The molecule has 3 N–H and O–H groups in total. The van der Waals surface area contributed by atoms with Gasteiger partial charge in [-0.3, -0.25) is 0 Å². The predicted molar refractivity (Wildman–Crippen MR) is 107 cm³/mol. The molecule has 0 aliphatic carbocycles. The van der Waals surface area contributed by atoms with Crippen molar-refractivity contribution < 1.29 is 13.2 Å². The number of ether oxygens (including phenoxy) is 1. The third-order valence-electron chi connectivity index (χ3n) is 4.32. The lowest BCUT2D eigenvalue weighted by atomic mass is 10.2. The van der Waals surface area contributed by atoms with Gasteiger partial charge >= 0.3 is 0 Å². The molecule has 3 aromatic rings. The first kappa shape index (κ1) is 19.0. The number of nitrogens with one attached hydrogen (secondary N) is 1. The number of aryl methyl sites for hydroxylation is 1. The molecule has 0 spiro atoms. The maximum atomic E-state index is 11.3. The van der Waals surface area contributed by atoms with E-state index in [-0.39, 0.29) is 0 Å². The largest absolute Gasteiger partial charge is 0.493 e. The summed E-state index contributed by atoms with van der Waals surface area (Å²) in [6.45, 7) is 1.58. The SMILES string of the molecule is CS(=O)(=O)NCCCn1c(Sc2ccc3c(c2)OCC3)nc2c(N)ncnc21. The van der Waals surface area contributed by atoms with Crippen molar-refractivity contribution in [1.82, 2.24) is 24.2 Å². The van der Waals surface area contributed by atoms with Crippen LogP contribution in [0.15, 0.2) is 34.6 Å². The Morgan fingerprint density at radius 3 is 3.04 bits per heavy atom. The lowest BCUT2D eigenvalue weighted by molar-refractivity contribution is 0.356. The Bertz CT molecular complexity index is 1130. The molecule has 0 unspecified atom stereocenters. The highest BCUT2D eigenvalue weighted by Gasteiger charge is 2.18. The molecule has 0 saturated heterocycles. The van der Waals surface area contributed by atoms with E-state index in [4.69, 9.17) is 10.5 Å². The van der Waals surface area contributed by atoms with Gasteiger partial charge in [-0.2, -0.15) is 0 Å². The second-order valence-corrected chi connectivity index (χ2v) is 9.34. The Balaban J connectivity index is 1.62. The summed E-state index contributed by atoms with van der Waals surface area (Å²) in [7, 11) is -3.22. The maximum absolute atomic E-state index is 11.3. The molecule has 4 rings (SSSR count). The van der Waals surface area contributed by atoms with Gasteiger partial charge in [0.05, 0.1) is 12.9 Å². The van der Waals surface area contributed by atoms with Crippen LogP contribution in [-0.2, 0) is 23.0 Å². The zero-order chi connectivity index (χ0) is 19.7. The smallest absolute Gasteiger partial charge is 0.208 e. The monoisotopic (exact) mass is 420 g/mol. The molecule has 0 atom stereocenters. The maximum Gasteiger partial charge on any atom is 0.208 e. The number of nitrogens with two attached hydrogens (primary N) is 1. The van der Waals surface area contributed by atoms with Crippen LogP contribution in [0.2, 0.25) is 0 Å². The van der Waals surface area contributed by atoms with Gasteiger partial charge in [-0.1, -0.05) is 17.8 Å². The molecule has 28 heavy (non-hydrogen) atoms. The normalized spacial score (nSPS) is 13.6. The van der Waals surface area contributed by atoms with Crippen molar-refractivity contribution in [1.29, 1.82) is 0 Å². The van der Waals surface area contributed by atoms with E-state index in [0.717, 1.165) is 28.5 Å². The number of imidazole rings is 1. The average Bonchev–Trinajstić information content (AvgIpc) is 3.23. The quantitative estimate of drug-likeness (QED) is 0.550. The first-order chi connectivity index (χ1) is 13.4. The van der Waals surface area contributed by atoms with Crippen molar-refractivity contribution >= 4 is 38.8 Å². The van der Waals surface area contributed by atoms with Crippen LogP contribution in [0.3, 0.4) is 0 Å². The number of hydrogen-bond acceptors (Lipinski definition) is 8. The van der Waals surface area contributed by atoms with Crippen molar-refractivity contribution in [3.05, 3.63) is 30.1 Å². The molecule has 1 aromatic carbocycles. The third kappa shape index (κ3) is 4.05. The highest BCUT2D eigenvalue weighted by molar-refractivity contribution is 7.99. The summed E-state index contributed by atoms with van der Waals surface area (Å²) in [5, 5.41) is 0.722. The van der Waals surface area contributed by atoms with Crippen LogP contribution >= 0.6 is 11.8 Å². The Labute approximate surface area is 166 Å². The summed E-state index contributed by atoms with van der Waals surface area (Å²) in [5.41, 5.74) is 8.35. The van der Waals surface area contributed by atoms with E-state index in [9.17, 15) is 8.42 Å². The van der Waals surface area contributed by atoms with E-state index in [1.54, 1.807) is 0 Å². The zero-order valence-electron chi connectivity index (χ0n) is 15.3. The fraction of sp³-hybridized carbons (Fsp3) is 0.353. The number of sulfonamides is 1. The molecule has 0 bridgehead atoms. The van der Waals surface area contributed by atoms with Gasteiger partial charge in [0.15, 0.2) is 22.1 Å². The minimum Gasteiger partial charge on any atom is -0.493 e. The van der Waals surface area contributed by atoms with Crippen molar-refractivity contribution in [2.45, 2.75) is 29.4 Å². The van der Waals surface area contributed by atoms with Gasteiger partial charge in [0, 0.05) is 24.4 Å². The van der Waals surface area contributed by atoms with Gasteiger partial charge in [0.1, 0.15) is 12.1 Å². The molecule has 9 nitrogen and oxygen atoms in total. The Hall–Kier alpha value is -2.37. The van der Waals surface area contributed by atoms with E-state index < -0.39 is 10.0 Å². The summed E-state index contributed by atoms with van der Waals surface area (Å²) in [4.78, 5) is 14.0. The first-order valence-corrected chi connectivity index (χ1v) is 11.5. The van der Waals surface area contributed by atoms with Gasteiger partial charge in [0.25, 0.3) is 0 Å². The lowest BCUT2D eigenvalue weighted by Gasteiger charge is -2.09. The number of nitrogen functional groups attached to an aromatic ring is 1. The number of benzene rings is 1. The molecule has 1 aliphatic heterocycles. The van der Waals surface area contributed by atoms with Crippen molar-refractivity contribution in [3.8, 4) is 5.75 Å². The minimum absolute atomic E-state index is 0.317. The topological polar surface area (TPSA) is 125 Å². The van der Waals surface area contributed by atoms with Crippen LogP contribution in [0, 0.1) is 0 Å². The van der Waals surface area contributed by atoms with Gasteiger partial charge in [-0.05, 0) is 24.1 Å². The summed E-state index contributed by atoms with van der Waals surface area (Å²) < 4.78 is 32.6. The van der Waals surface area contributed by atoms with E-state index in [0.29, 0.717) is 43.1 Å². The molecule has 0 radical (unpaired) electrons. The van der Waals surface area contributed by atoms with Gasteiger partial charge in [0.2, 0.25) is 10.0 Å². The summed E-state index contributed by atoms with van der Waals surface area (Å²) in [6, 6.07) is 6.13. The fourth-order valence-electron chi connectivity index (χ4n) is 3.02. The van der Waals surface area contributed by atoms with Gasteiger partial charge in [-0.15, -0.1) is 0 Å². The number of fused-ring (bicyclic) bond motifs is 2. The van der Waals surface area contributed by atoms with E-state index in [1.165, 1.54) is 23.7 Å². The Morgan fingerprint density at radius 1 is 1.36 bits per heavy atom. The number of hydrogen-bond donors (Lipinski definition) is 2. The van der Waals surface area contributed by atoms with Crippen LogP contribution in [0.4, 0.5) is 5.82 Å². The summed E-state index contributed by atoms with van der Waals surface area (Å²) in [5.74, 6) is 1.22. The van der Waals surface area contributed by atoms with Crippen LogP contribution in [0.1, 0.15) is 12.0 Å². The van der Waals surface area contributed by atoms with E-state index in [2.05, 4.69) is 25.7 Å². The van der Waals surface area contributed by atoms with E-state index >= 15 is 0 Å². The van der Waals surface area contributed by atoms with Gasteiger partial charge < -0.3 is 15.0 Å². The molecule has 1 aliphatic rings. The minimum atomic E-state index is -3.22. The predicted octanol–water partition coefficient (Wildman–Crippen LogP) is 1.43. The molecule has 0 fully saturated rings. The number of anilines is 1. The molecular formula is C17H20N6O3S2. The van der Waals surface area contributed by atoms with Crippen molar-refractivity contribution in [3.63, 3.8) is 0 Å². The molecular weight excluding hydrogens is 400 g/mol. The molecule has 148 valence electrons. The first-order valence-electron chi connectivity index (χ1n) is 8.75. The molecule has 3 heterocycles. The standard InChI is InChI=1S/C17H20N6O3S2/c1-28(24,25)21-6-2-7-23-16-14(15(18)19-10-20-16)22-17(23)27-12-4-3-11-5-8-26-13(11)9-12/h3-4,9-10,21H,2,5-8H2,1H3,(H2,18,19,20). The molecule has 2 aromatic heterocycles. The summed E-state index contributed by atoms with van der Waals surface area (Å²) in [6.07, 6.45) is 4.06. The Kier molecular flexibility index (Phi) is 5.13. The van der Waals surface area contributed by atoms with Crippen molar-refractivity contribution in [2.75, 3.05) is 25.1 Å². The lowest BCUT2D eigenvalue weighted by Crippen LogP contribution is -2.24. The fourth-order valence-corrected chi connectivity index (χ4v) is 4.48. The van der Waals surface area contributed by atoms with E-state index in [1.807, 2.05) is 16.7 Å². The number of rotatable bonds is 7. The second kappa shape index (κ2) is 7.57. The molecule has 0 saturated carbocycles. The average molecular weight is 421 g/mol. The van der Waals surface area contributed by atoms with Crippen LogP contribution in [-0.4, -0.2) is 47.3 Å². The third-order valence-corrected chi connectivity index (χ3v) is 6.04. The second-order valence-electron chi connectivity index (χ2n) is 6.47.